The van der Waals surface area contributed by atoms with Crippen LogP contribution in [0.4, 0.5) is 5.69 Å². The van der Waals surface area contributed by atoms with Crippen molar-refractivity contribution >= 4 is 28.5 Å². The fourth-order valence-electron chi connectivity index (χ4n) is 4.36. The molecule has 0 aliphatic heterocycles. The number of para-hydroxylation sites is 3. The molecule has 0 fully saturated rings. The van der Waals surface area contributed by atoms with Gasteiger partial charge in [-0.3, -0.25) is 9.59 Å². The van der Waals surface area contributed by atoms with Gasteiger partial charge in [0.15, 0.2) is 6.61 Å². The number of benzene rings is 3. The molecule has 0 radical (unpaired) electrons. The molecule has 1 heterocycles. The number of nitrogens with zero attached hydrogens (tertiary/aromatic N) is 3. The van der Waals surface area contributed by atoms with E-state index in [0.717, 1.165) is 39.4 Å². The van der Waals surface area contributed by atoms with E-state index in [-0.39, 0.29) is 25.0 Å². The van der Waals surface area contributed by atoms with E-state index in [1.54, 1.807) is 4.90 Å². The Labute approximate surface area is 218 Å². The Balaban J connectivity index is 1.36. The van der Waals surface area contributed by atoms with Gasteiger partial charge in [-0.25, -0.2) is 4.98 Å². The van der Waals surface area contributed by atoms with E-state index in [4.69, 9.17) is 9.72 Å². The molecule has 2 amide bonds. The summed E-state index contributed by atoms with van der Waals surface area (Å²) in [5, 5.41) is 2.92. The van der Waals surface area contributed by atoms with Gasteiger partial charge in [-0.05, 0) is 68.7 Å². The average molecular weight is 499 g/mol. The van der Waals surface area contributed by atoms with Gasteiger partial charge in [-0.2, -0.15) is 0 Å². The second-order valence-corrected chi connectivity index (χ2v) is 9.09. The first-order valence-electron chi connectivity index (χ1n) is 12.7. The number of likely N-dealkylation sites (N-methyl/N-ethyl adjacent to an activating group) is 1. The second kappa shape index (κ2) is 12.2. The Morgan fingerprint density at radius 3 is 2.54 bits per heavy atom. The van der Waals surface area contributed by atoms with E-state index in [1.165, 1.54) is 0 Å². The number of imidazole rings is 1. The molecule has 0 saturated carbocycles. The third-order valence-corrected chi connectivity index (χ3v) is 6.31. The highest BCUT2D eigenvalue weighted by molar-refractivity contribution is 5.94. The van der Waals surface area contributed by atoms with Crippen LogP contribution in [-0.2, 0) is 22.6 Å². The zero-order valence-corrected chi connectivity index (χ0v) is 21.7. The lowest BCUT2D eigenvalue weighted by Gasteiger charge is -2.22. The number of carbonyl (C=O) groups excluding carboxylic acids is 2. The van der Waals surface area contributed by atoms with Crippen LogP contribution in [0.2, 0.25) is 0 Å². The van der Waals surface area contributed by atoms with Crippen molar-refractivity contribution < 1.29 is 14.3 Å². The van der Waals surface area contributed by atoms with Crippen molar-refractivity contribution in [2.24, 2.45) is 0 Å². The Hall–Kier alpha value is -4.13. The lowest BCUT2D eigenvalue weighted by atomic mass is 10.1. The van der Waals surface area contributed by atoms with E-state index < -0.39 is 0 Å². The predicted octanol–water partition coefficient (Wildman–Crippen LogP) is 4.83. The highest BCUT2D eigenvalue weighted by Crippen LogP contribution is 2.20. The van der Waals surface area contributed by atoms with Crippen molar-refractivity contribution in [3.8, 4) is 5.75 Å². The van der Waals surface area contributed by atoms with Gasteiger partial charge in [0.25, 0.3) is 5.91 Å². The Kier molecular flexibility index (Phi) is 8.56. The van der Waals surface area contributed by atoms with Crippen molar-refractivity contribution in [2.75, 3.05) is 24.6 Å². The normalized spacial score (nSPS) is 10.9. The molecule has 1 aromatic heterocycles. The van der Waals surface area contributed by atoms with E-state index in [2.05, 4.69) is 5.32 Å². The van der Waals surface area contributed by atoms with Gasteiger partial charge in [-0.1, -0.05) is 42.5 Å². The molecule has 7 nitrogen and oxygen atoms in total. The van der Waals surface area contributed by atoms with Gasteiger partial charge in [0.05, 0.1) is 11.0 Å². The van der Waals surface area contributed by atoms with Crippen LogP contribution in [0.5, 0.6) is 5.75 Å². The Morgan fingerprint density at radius 2 is 1.76 bits per heavy atom. The number of hydrogen-bond acceptors (Lipinski definition) is 4. The summed E-state index contributed by atoms with van der Waals surface area (Å²) in [5.41, 5.74) is 4.76. The van der Waals surface area contributed by atoms with Crippen LogP contribution in [0.1, 0.15) is 30.3 Å². The third kappa shape index (κ3) is 6.55. The molecule has 7 heteroatoms. The first-order valence-corrected chi connectivity index (χ1v) is 12.7. The molecule has 0 aliphatic rings. The molecular formula is C30H34N4O3. The van der Waals surface area contributed by atoms with Crippen LogP contribution in [0.3, 0.4) is 0 Å². The number of carbonyl (C=O) groups is 2. The van der Waals surface area contributed by atoms with Crippen LogP contribution in [0.15, 0.2) is 72.8 Å². The third-order valence-electron chi connectivity index (χ3n) is 6.31. The molecule has 0 atom stereocenters. The maximum atomic E-state index is 13.3. The zero-order chi connectivity index (χ0) is 26.2. The molecule has 0 aliphatic carbocycles. The molecule has 0 saturated heterocycles. The molecule has 1 N–H and O–H groups in total. The Morgan fingerprint density at radius 1 is 1.00 bits per heavy atom. The molecule has 4 aromatic rings. The van der Waals surface area contributed by atoms with E-state index in [1.807, 2.05) is 98.1 Å². The number of rotatable bonds is 11. The van der Waals surface area contributed by atoms with Crippen molar-refractivity contribution in [1.29, 1.82) is 0 Å². The summed E-state index contributed by atoms with van der Waals surface area (Å²) in [6.07, 6.45) is 1.33. The van der Waals surface area contributed by atoms with Crippen LogP contribution >= 0.6 is 0 Å². The minimum atomic E-state index is -0.161. The topological polar surface area (TPSA) is 76.5 Å². The molecule has 4 rings (SSSR count). The predicted molar refractivity (Wildman–Crippen MR) is 147 cm³/mol. The lowest BCUT2D eigenvalue weighted by molar-refractivity contribution is -0.123. The summed E-state index contributed by atoms with van der Waals surface area (Å²) < 4.78 is 7.69. The number of nitrogens with one attached hydrogen (secondary N) is 1. The molecule has 0 bridgehead atoms. The maximum Gasteiger partial charge on any atom is 0.257 e. The fraction of sp³-hybridized carbons (Fsp3) is 0.300. The summed E-state index contributed by atoms with van der Waals surface area (Å²) >= 11 is 0. The van der Waals surface area contributed by atoms with Crippen molar-refractivity contribution in [3.63, 3.8) is 0 Å². The standard InChI is InChI=1S/C30H34N4O3/c1-4-33(24-11-6-5-7-12-24)30(36)20-34-26-14-9-8-13-25(26)32-28(34)15-10-18-31-29(35)21-37-27-19-22(2)16-17-23(27)3/h5-9,11-14,16-17,19H,4,10,15,18,20-21H2,1-3H3,(H,31,35). The average Bonchev–Trinajstić information content (AvgIpc) is 3.25. The van der Waals surface area contributed by atoms with Gasteiger partial charge in [0, 0.05) is 25.2 Å². The Bertz CT molecular complexity index is 1360. The SMILES string of the molecule is CCN(C(=O)Cn1c(CCCNC(=O)COc2cc(C)ccc2C)nc2ccccc21)c1ccccc1. The minimum Gasteiger partial charge on any atom is -0.483 e. The van der Waals surface area contributed by atoms with Crippen molar-refractivity contribution in [3.05, 3.63) is 89.7 Å². The van der Waals surface area contributed by atoms with Gasteiger partial charge in [-0.15, -0.1) is 0 Å². The van der Waals surface area contributed by atoms with Crippen LogP contribution < -0.4 is 15.0 Å². The van der Waals surface area contributed by atoms with Crippen LogP contribution in [0, 0.1) is 13.8 Å². The smallest absolute Gasteiger partial charge is 0.257 e. The van der Waals surface area contributed by atoms with Crippen LogP contribution in [-0.4, -0.2) is 41.1 Å². The van der Waals surface area contributed by atoms with Gasteiger partial charge < -0.3 is 19.5 Å². The van der Waals surface area contributed by atoms with E-state index in [0.29, 0.717) is 25.9 Å². The quantitative estimate of drug-likeness (QED) is 0.301. The van der Waals surface area contributed by atoms with Gasteiger partial charge in [0.2, 0.25) is 5.91 Å². The van der Waals surface area contributed by atoms with E-state index >= 15 is 0 Å². The first kappa shape index (κ1) is 25.9. The second-order valence-electron chi connectivity index (χ2n) is 9.09. The number of hydrogen-bond donors (Lipinski definition) is 1. The maximum absolute atomic E-state index is 13.3. The fourth-order valence-corrected chi connectivity index (χ4v) is 4.36. The van der Waals surface area contributed by atoms with Crippen LogP contribution in [0.25, 0.3) is 11.0 Å². The number of aromatic nitrogens is 2. The summed E-state index contributed by atoms with van der Waals surface area (Å²) in [5.74, 6) is 1.41. The highest BCUT2D eigenvalue weighted by Gasteiger charge is 2.18. The minimum absolute atomic E-state index is 0.00926. The van der Waals surface area contributed by atoms with Gasteiger partial charge in [0.1, 0.15) is 18.1 Å². The van der Waals surface area contributed by atoms with Crippen molar-refractivity contribution in [2.45, 2.75) is 40.2 Å². The van der Waals surface area contributed by atoms with Gasteiger partial charge >= 0.3 is 0 Å². The lowest BCUT2D eigenvalue weighted by Crippen LogP contribution is -2.34. The zero-order valence-electron chi connectivity index (χ0n) is 21.7. The summed E-state index contributed by atoms with van der Waals surface area (Å²) in [7, 11) is 0. The summed E-state index contributed by atoms with van der Waals surface area (Å²) in [6.45, 7) is 7.19. The highest BCUT2D eigenvalue weighted by atomic mass is 16.5. The monoisotopic (exact) mass is 498 g/mol. The number of anilines is 1. The molecule has 0 unspecified atom stereocenters. The number of aryl methyl sites for hydroxylation is 3. The first-order chi connectivity index (χ1) is 18.0. The molecule has 0 spiro atoms. The largest absolute Gasteiger partial charge is 0.483 e. The molecule has 192 valence electrons. The summed E-state index contributed by atoms with van der Waals surface area (Å²) in [4.78, 5) is 32.2. The van der Waals surface area contributed by atoms with E-state index in [9.17, 15) is 9.59 Å². The number of fused-ring (bicyclic) bond motifs is 1. The molecule has 37 heavy (non-hydrogen) atoms. The summed E-state index contributed by atoms with van der Waals surface area (Å²) in [6, 6.07) is 23.5. The molecule has 3 aromatic carbocycles. The number of amides is 2. The number of ether oxygens (including phenoxy) is 1. The van der Waals surface area contributed by atoms with Crippen molar-refractivity contribution in [1.82, 2.24) is 14.9 Å². The molecular weight excluding hydrogens is 464 g/mol.